The molecule has 0 spiro atoms. The second kappa shape index (κ2) is 8.82. The number of aliphatic carboxylic acids is 1. The fourth-order valence-electron chi connectivity index (χ4n) is 3.07. The third kappa shape index (κ3) is 5.80. The van der Waals surface area contributed by atoms with Crippen molar-refractivity contribution in [2.24, 2.45) is 5.92 Å². The Kier molecular flexibility index (Phi) is 7.41. The van der Waals surface area contributed by atoms with E-state index in [2.05, 4.69) is 17.6 Å². The number of nitrogens with one attached hydrogen (secondary N) is 2. The lowest BCUT2D eigenvalue weighted by atomic mass is 9.83. The van der Waals surface area contributed by atoms with Crippen molar-refractivity contribution >= 4 is 12.0 Å². The Morgan fingerprint density at radius 2 is 1.95 bits per heavy atom. The summed E-state index contributed by atoms with van der Waals surface area (Å²) in [5.41, 5.74) is 0. The Bertz CT molecular complexity index is 320. The van der Waals surface area contributed by atoms with Crippen molar-refractivity contribution in [3.63, 3.8) is 0 Å². The molecular weight excluding hydrogens is 256 g/mol. The summed E-state index contributed by atoms with van der Waals surface area (Å²) in [5.74, 6) is -0.313. The molecule has 0 aromatic carbocycles. The molecule has 0 aromatic heterocycles. The molecule has 20 heavy (non-hydrogen) atoms. The second-order valence-electron chi connectivity index (χ2n) is 5.76. The molecule has 5 heteroatoms. The zero-order chi connectivity index (χ0) is 15.0. The molecule has 0 heterocycles. The molecule has 0 saturated heterocycles. The van der Waals surface area contributed by atoms with Crippen LogP contribution in [0.2, 0.25) is 0 Å². The summed E-state index contributed by atoms with van der Waals surface area (Å²) in [6.07, 6.45) is 7.24. The first-order chi connectivity index (χ1) is 9.56. The summed E-state index contributed by atoms with van der Waals surface area (Å²) in [6.45, 7) is 4.15. The van der Waals surface area contributed by atoms with Gasteiger partial charge in [0.25, 0.3) is 0 Å². The lowest BCUT2D eigenvalue weighted by Gasteiger charge is -2.32. The number of carbonyl (C=O) groups is 2. The van der Waals surface area contributed by atoms with Gasteiger partial charge in [-0.3, -0.25) is 4.79 Å². The van der Waals surface area contributed by atoms with Gasteiger partial charge in [0.2, 0.25) is 0 Å². The zero-order valence-corrected chi connectivity index (χ0v) is 12.7. The molecule has 1 rings (SSSR count). The first-order valence-corrected chi connectivity index (χ1v) is 7.85. The van der Waals surface area contributed by atoms with Crippen LogP contribution in [0.15, 0.2) is 0 Å². The third-order valence-electron chi connectivity index (χ3n) is 4.14. The van der Waals surface area contributed by atoms with E-state index in [-0.39, 0.29) is 24.5 Å². The standard InChI is InChI=1S/C15H28N2O3/c1-3-7-12(10-14(18)19)16-15(20)17-13-9-6-5-8-11(13)4-2/h11-13H,3-10H2,1-2H3,(H,18,19)(H2,16,17,20). The zero-order valence-electron chi connectivity index (χ0n) is 12.7. The van der Waals surface area contributed by atoms with Crippen LogP contribution in [-0.2, 0) is 4.79 Å². The fourth-order valence-corrected chi connectivity index (χ4v) is 3.07. The molecule has 2 amide bonds. The van der Waals surface area contributed by atoms with Gasteiger partial charge in [0.05, 0.1) is 6.42 Å². The monoisotopic (exact) mass is 284 g/mol. The van der Waals surface area contributed by atoms with E-state index in [1.165, 1.54) is 12.8 Å². The van der Waals surface area contributed by atoms with E-state index in [1.807, 2.05) is 6.92 Å². The number of carbonyl (C=O) groups excluding carboxylic acids is 1. The maximum Gasteiger partial charge on any atom is 0.315 e. The number of rotatable bonds is 7. The maximum atomic E-state index is 12.0. The average molecular weight is 284 g/mol. The molecule has 3 unspecified atom stereocenters. The summed E-state index contributed by atoms with van der Waals surface area (Å²) >= 11 is 0. The fraction of sp³-hybridized carbons (Fsp3) is 0.867. The average Bonchev–Trinajstić information content (AvgIpc) is 2.38. The van der Waals surface area contributed by atoms with Gasteiger partial charge < -0.3 is 15.7 Å². The van der Waals surface area contributed by atoms with E-state index >= 15 is 0 Å². The number of carboxylic acid groups (broad SMARTS) is 1. The van der Waals surface area contributed by atoms with Gasteiger partial charge >= 0.3 is 12.0 Å². The van der Waals surface area contributed by atoms with Crippen molar-refractivity contribution in [3.8, 4) is 0 Å². The third-order valence-corrected chi connectivity index (χ3v) is 4.14. The van der Waals surface area contributed by atoms with Crippen LogP contribution in [0, 0.1) is 5.92 Å². The van der Waals surface area contributed by atoms with Crippen LogP contribution in [0.4, 0.5) is 4.79 Å². The topological polar surface area (TPSA) is 78.4 Å². The highest BCUT2D eigenvalue weighted by Gasteiger charge is 2.25. The van der Waals surface area contributed by atoms with Gasteiger partial charge in [-0.05, 0) is 25.2 Å². The Morgan fingerprint density at radius 3 is 2.55 bits per heavy atom. The van der Waals surface area contributed by atoms with Gasteiger partial charge in [0.15, 0.2) is 0 Å². The number of carboxylic acids is 1. The van der Waals surface area contributed by atoms with Crippen LogP contribution in [0.1, 0.15) is 65.2 Å². The van der Waals surface area contributed by atoms with Gasteiger partial charge in [-0.2, -0.15) is 0 Å². The van der Waals surface area contributed by atoms with Gasteiger partial charge in [-0.1, -0.05) is 39.5 Å². The molecule has 0 bridgehead atoms. The SMILES string of the molecule is CCCC(CC(=O)O)NC(=O)NC1CCCCC1CC. The van der Waals surface area contributed by atoms with Crippen LogP contribution in [-0.4, -0.2) is 29.2 Å². The largest absolute Gasteiger partial charge is 0.481 e. The van der Waals surface area contributed by atoms with E-state index in [0.29, 0.717) is 12.3 Å². The molecule has 1 aliphatic carbocycles. The van der Waals surface area contributed by atoms with E-state index in [9.17, 15) is 9.59 Å². The lowest BCUT2D eigenvalue weighted by Crippen LogP contribution is -2.49. The van der Waals surface area contributed by atoms with E-state index in [0.717, 1.165) is 25.7 Å². The second-order valence-corrected chi connectivity index (χ2v) is 5.76. The maximum absolute atomic E-state index is 12.0. The van der Waals surface area contributed by atoms with Gasteiger partial charge in [0.1, 0.15) is 0 Å². The summed E-state index contributed by atoms with van der Waals surface area (Å²) in [6, 6.07) is -0.253. The molecule has 0 radical (unpaired) electrons. The van der Waals surface area contributed by atoms with Crippen molar-refractivity contribution in [2.45, 2.75) is 77.3 Å². The quantitative estimate of drug-likeness (QED) is 0.672. The summed E-state index contributed by atoms with van der Waals surface area (Å²) < 4.78 is 0. The minimum Gasteiger partial charge on any atom is -0.481 e. The summed E-state index contributed by atoms with van der Waals surface area (Å²) in [7, 11) is 0. The molecule has 1 saturated carbocycles. The molecule has 0 aliphatic heterocycles. The van der Waals surface area contributed by atoms with Crippen LogP contribution in [0.5, 0.6) is 0 Å². The highest BCUT2D eigenvalue weighted by molar-refractivity contribution is 5.76. The van der Waals surface area contributed by atoms with Crippen LogP contribution >= 0.6 is 0 Å². The van der Waals surface area contributed by atoms with Crippen molar-refractivity contribution in [1.82, 2.24) is 10.6 Å². The highest BCUT2D eigenvalue weighted by atomic mass is 16.4. The predicted octanol–water partition coefficient (Wildman–Crippen LogP) is 2.90. The van der Waals surface area contributed by atoms with Crippen molar-refractivity contribution < 1.29 is 14.7 Å². The Morgan fingerprint density at radius 1 is 1.25 bits per heavy atom. The van der Waals surface area contributed by atoms with E-state index in [1.54, 1.807) is 0 Å². The molecule has 0 aromatic rings. The Balaban J connectivity index is 2.45. The summed E-state index contributed by atoms with van der Waals surface area (Å²) in [4.78, 5) is 22.8. The van der Waals surface area contributed by atoms with Gasteiger partial charge in [-0.25, -0.2) is 4.79 Å². The number of amides is 2. The molecule has 3 atom stereocenters. The molecular formula is C15H28N2O3. The summed E-state index contributed by atoms with van der Waals surface area (Å²) in [5, 5.41) is 14.7. The van der Waals surface area contributed by atoms with Crippen LogP contribution in [0.25, 0.3) is 0 Å². The molecule has 5 nitrogen and oxygen atoms in total. The molecule has 1 aliphatic rings. The van der Waals surface area contributed by atoms with E-state index in [4.69, 9.17) is 5.11 Å². The minimum atomic E-state index is -0.868. The van der Waals surface area contributed by atoms with E-state index < -0.39 is 5.97 Å². The van der Waals surface area contributed by atoms with Crippen molar-refractivity contribution in [1.29, 1.82) is 0 Å². The Hall–Kier alpha value is -1.26. The van der Waals surface area contributed by atoms with Gasteiger partial charge in [-0.15, -0.1) is 0 Å². The molecule has 1 fully saturated rings. The smallest absolute Gasteiger partial charge is 0.315 e. The number of hydrogen-bond acceptors (Lipinski definition) is 2. The normalized spacial score (nSPS) is 23.9. The predicted molar refractivity (Wildman–Crippen MR) is 78.7 cm³/mol. The first kappa shape index (κ1) is 16.8. The van der Waals surface area contributed by atoms with Crippen molar-refractivity contribution in [3.05, 3.63) is 0 Å². The highest BCUT2D eigenvalue weighted by Crippen LogP contribution is 2.26. The molecule has 116 valence electrons. The minimum absolute atomic E-state index is 0.0108. The molecule has 3 N–H and O–H groups in total. The van der Waals surface area contributed by atoms with Gasteiger partial charge in [0, 0.05) is 12.1 Å². The van der Waals surface area contributed by atoms with Crippen LogP contribution in [0.3, 0.4) is 0 Å². The number of urea groups is 1. The Labute approximate surface area is 121 Å². The van der Waals surface area contributed by atoms with Crippen LogP contribution < -0.4 is 10.6 Å². The lowest BCUT2D eigenvalue weighted by molar-refractivity contribution is -0.137. The van der Waals surface area contributed by atoms with Crippen molar-refractivity contribution in [2.75, 3.05) is 0 Å². The number of hydrogen-bond donors (Lipinski definition) is 3. The first-order valence-electron chi connectivity index (χ1n) is 7.85.